The Bertz CT molecular complexity index is 464. The Balaban J connectivity index is 2.42. The molecule has 0 aromatic carbocycles. The monoisotopic (exact) mass is 255 g/mol. The third-order valence-corrected chi connectivity index (χ3v) is 3.33. The van der Waals surface area contributed by atoms with Crippen molar-refractivity contribution in [2.24, 2.45) is 0 Å². The summed E-state index contributed by atoms with van der Waals surface area (Å²) in [5, 5.41) is 9.20. The average molecular weight is 256 g/mol. The highest BCUT2D eigenvalue weighted by molar-refractivity contribution is 6.28. The molecule has 1 heterocycles. The minimum Gasteiger partial charge on any atom is -0.480 e. The lowest BCUT2D eigenvalue weighted by atomic mass is 10.2. The molecular formula is C11H14ClN3O2. The molecule has 0 saturated carbocycles. The normalized spacial score (nSPS) is 15.5. The van der Waals surface area contributed by atoms with Gasteiger partial charge in [-0.25, -0.2) is 14.8 Å². The number of hydrogen-bond acceptors (Lipinski definition) is 4. The Morgan fingerprint density at radius 1 is 1.47 bits per heavy atom. The first-order valence-corrected chi connectivity index (χ1v) is 5.89. The zero-order chi connectivity index (χ0) is 12.6. The topological polar surface area (TPSA) is 66.3 Å². The SMILES string of the molecule is C[C@H](C(=O)O)N(C)c1nc(Cl)nc2c1CCC2. The predicted octanol–water partition coefficient (Wildman–Crippen LogP) is 1.53. The van der Waals surface area contributed by atoms with Gasteiger partial charge in [0.1, 0.15) is 11.9 Å². The van der Waals surface area contributed by atoms with Gasteiger partial charge in [0.15, 0.2) is 0 Å². The summed E-state index contributed by atoms with van der Waals surface area (Å²) in [5.41, 5.74) is 1.98. The molecule has 1 aliphatic rings. The number of anilines is 1. The number of rotatable bonds is 3. The maximum Gasteiger partial charge on any atom is 0.326 e. The van der Waals surface area contributed by atoms with E-state index < -0.39 is 12.0 Å². The number of aromatic nitrogens is 2. The Labute approximate surface area is 104 Å². The lowest BCUT2D eigenvalue weighted by Gasteiger charge is -2.24. The molecule has 6 heteroatoms. The number of halogens is 1. The molecule has 5 nitrogen and oxygen atoms in total. The van der Waals surface area contributed by atoms with Crippen LogP contribution >= 0.6 is 11.6 Å². The Hall–Kier alpha value is -1.36. The quantitative estimate of drug-likeness (QED) is 0.830. The Morgan fingerprint density at radius 2 is 2.18 bits per heavy atom. The molecule has 1 N–H and O–H groups in total. The molecule has 0 saturated heterocycles. The van der Waals surface area contributed by atoms with Crippen LogP contribution < -0.4 is 4.90 Å². The van der Waals surface area contributed by atoms with E-state index in [-0.39, 0.29) is 5.28 Å². The molecule has 0 bridgehead atoms. The van der Waals surface area contributed by atoms with Crippen molar-refractivity contribution in [3.8, 4) is 0 Å². The number of aryl methyl sites for hydroxylation is 1. The third kappa shape index (κ3) is 2.20. The van der Waals surface area contributed by atoms with Gasteiger partial charge in [0.25, 0.3) is 0 Å². The van der Waals surface area contributed by atoms with Gasteiger partial charge in [-0.3, -0.25) is 0 Å². The van der Waals surface area contributed by atoms with Crippen LogP contribution in [0.1, 0.15) is 24.6 Å². The number of carboxylic acid groups (broad SMARTS) is 1. The van der Waals surface area contributed by atoms with Crippen molar-refractivity contribution in [3.63, 3.8) is 0 Å². The maximum atomic E-state index is 11.0. The Kier molecular flexibility index (Phi) is 3.19. The van der Waals surface area contributed by atoms with Crippen molar-refractivity contribution in [2.45, 2.75) is 32.2 Å². The number of carbonyl (C=O) groups is 1. The molecule has 1 aromatic heterocycles. The molecule has 0 spiro atoms. The van der Waals surface area contributed by atoms with E-state index >= 15 is 0 Å². The van der Waals surface area contributed by atoms with E-state index in [1.54, 1.807) is 18.9 Å². The van der Waals surface area contributed by atoms with Crippen molar-refractivity contribution >= 4 is 23.4 Å². The minimum absolute atomic E-state index is 0.185. The van der Waals surface area contributed by atoms with Crippen LogP contribution in [0.15, 0.2) is 0 Å². The summed E-state index contributed by atoms with van der Waals surface area (Å²) in [6, 6.07) is -0.634. The first-order valence-electron chi connectivity index (χ1n) is 5.51. The molecule has 1 aliphatic carbocycles. The second-order valence-electron chi connectivity index (χ2n) is 4.22. The van der Waals surface area contributed by atoms with Gasteiger partial charge in [-0.15, -0.1) is 0 Å². The fourth-order valence-corrected chi connectivity index (χ4v) is 2.21. The number of carboxylic acids is 1. The van der Waals surface area contributed by atoms with Crippen LogP contribution in [0.4, 0.5) is 5.82 Å². The largest absolute Gasteiger partial charge is 0.480 e. The lowest BCUT2D eigenvalue weighted by molar-refractivity contribution is -0.138. The number of fused-ring (bicyclic) bond motifs is 1. The molecule has 0 aliphatic heterocycles. The number of hydrogen-bond donors (Lipinski definition) is 1. The van der Waals surface area contributed by atoms with Crippen molar-refractivity contribution < 1.29 is 9.90 Å². The van der Waals surface area contributed by atoms with Crippen LogP contribution in [-0.4, -0.2) is 34.1 Å². The molecular weight excluding hydrogens is 242 g/mol. The predicted molar refractivity (Wildman–Crippen MR) is 64.6 cm³/mol. The number of nitrogens with zero attached hydrogens (tertiary/aromatic N) is 3. The van der Waals surface area contributed by atoms with E-state index in [1.165, 1.54) is 0 Å². The highest BCUT2D eigenvalue weighted by atomic mass is 35.5. The summed E-state index contributed by atoms with van der Waals surface area (Å²) < 4.78 is 0. The molecule has 92 valence electrons. The molecule has 0 radical (unpaired) electrons. The Morgan fingerprint density at radius 3 is 2.82 bits per heavy atom. The summed E-state index contributed by atoms with van der Waals surface area (Å²) >= 11 is 5.86. The van der Waals surface area contributed by atoms with Crippen molar-refractivity contribution in [3.05, 3.63) is 16.5 Å². The highest BCUT2D eigenvalue weighted by Crippen LogP contribution is 2.30. The first-order chi connectivity index (χ1) is 8.00. The van der Waals surface area contributed by atoms with Crippen LogP contribution in [0.3, 0.4) is 0 Å². The van der Waals surface area contributed by atoms with E-state index in [9.17, 15) is 4.79 Å². The molecule has 0 unspecified atom stereocenters. The van der Waals surface area contributed by atoms with Gasteiger partial charge in [0, 0.05) is 12.6 Å². The minimum atomic E-state index is -0.881. The molecule has 0 amide bonds. The summed E-state index contributed by atoms with van der Waals surface area (Å²) in [6.45, 7) is 1.62. The van der Waals surface area contributed by atoms with Crippen LogP contribution in [0, 0.1) is 0 Å². The fourth-order valence-electron chi connectivity index (χ4n) is 2.02. The van der Waals surface area contributed by atoms with Gasteiger partial charge in [0.2, 0.25) is 5.28 Å². The van der Waals surface area contributed by atoms with Gasteiger partial charge < -0.3 is 10.0 Å². The van der Waals surface area contributed by atoms with E-state index in [1.807, 2.05) is 0 Å². The van der Waals surface area contributed by atoms with Crippen molar-refractivity contribution in [1.82, 2.24) is 9.97 Å². The molecule has 17 heavy (non-hydrogen) atoms. The smallest absolute Gasteiger partial charge is 0.326 e. The van der Waals surface area contributed by atoms with Gasteiger partial charge in [-0.1, -0.05) is 0 Å². The number of aliphatic carboxylic acids is 1. The van der Waals surface area contributed by atoms with E-state index in [0.29, 0.717) is 5.82 Å². The number of likely N-dealkylation sites (N-methyl/N-ethyl adjacent to an activating group) is 1. The standard InChI is InChI=1S/C11H14ClN3O2/c1-6(10(16)17)15(2)9-7-4-3-5-8(7)13-11(12)14-9/h6H,3-5H2,1-2H3,(H,16,17)/t6-/m1/s1. The zero-order valence-electron chi connectivity index (χ0n) is 9.77. The zero-order valence-corrected chi connectivity index (χ0v) is 10.5. The molecule has 1 atom stereocenters. The summed E-state index contributed by atoms with van der Waals surface area (Å²) in [5.74, 6) is -0.235. The second kappa shape index (κ2) is 4.49. The first kappa shape index (κ1) is 12.1. The van der Waals surface area contributed by atoms with Gasteiger partial charge in [0.05, 0.1) is 5.69 Å². The molecule has 0 fully saturated rings. The molecule has 2 rings (SSSR count). The molecule has 1 aromatic rings. The van der Waals surface area contributed by atoms with Crippen molar-refractivity contribution in [2.75, 3.05) is 11.9 Å². The van der Waals surface area contributed by atoms with Gasteiger partial charge >= 0.3 is 5.97 Å². The van der Waals surface area contributed by atoms with Crippen molar-refractivity contribution in [1.29, 1.82) is 0 Å². The summed E-state index contributed by atoms with van der Waals surface area (Å²) in [6.07, 6.45) is 2.80. The lowest BCUT2D eigenvalue weighted by Crippen LogP contribution is -2.37. The average Bonchev–Trinajstić information content (AvgIpc) is 2.73. The van der Waals surface area contributed by atoms with E-state index in [2.05, 4.69) is 9.97 Å². The highest BCUT2D eigenvalue weighted by Gasteiger charge is 2.25. The fraction of sp³-hybridized carbons (Fsp3) is 0.545. The maximum absolute atomic E-state index is 11.0. The van der Waals surface area contributed by atoms with E-state index in [0.717, 1.165) is 30.5 Å². The van der Waals surface area contributed by atoms with Crippen LogP contribution in [0.5, 0.6) is 0 Å². The summed E-state index contributed by atoms with van der Waals surface area (Å²) in [4.78, 5) is 21.0. The second-order valence-corrected chi connectivity index (χ2v) is 4.56. The van der Waals surface area contributed by atoms with E-state index in [4.69, 9.17) is 16.7 Å². The van der Waals surface area contributed by atoms with Gasteiger partial charge in [-0.2, -0.15) is 0 Å². The van der Waals surface area contributed by atoms with Crippen LogP contribution in [0.2, 0.25) is 5.28 Å². The third-order valence-electron chi connectivity index (χ3n) is 3.16. The van der Waals surface area contributed by atoms with Crippen LogP contribution in [0.25, 0.3) is 0 Å². The summed E-state index contributed by atoms with van der Waals surface area (Å²) in [7, 11) is 1.72. The van der Waals surface area contributed by atoms with Gasteiger partial charge in [-0.05, 0) is 37.8 Å². The van der Waals surface area contributed by atoms with Crippen LogP contribution in [-0.2, 0) is 17.6 Å².